The lowest BCUT2D eigenvalue weighted by molar-refractivity contribution is -0.116. The van der Waals surface area contributed by atoms with Gasteiger partial charge in [-0.2, -0.15) is 0 Å². The van der Waals surface area contributed by atoms with Crippen LogP contribution in [-0.4, -0.2) is 38.1 Å². The van der Waals surface area contributed by atoms with Gasteiger partial charge in [0.25, 0.3) is 0 Å². The molecular formula is C26H37N3OS. The van der Waals surface area contributed by atoms with Crippen molar-refractivity contribution in [3.8, 4) is 10.4 Å². The van der Waals surface area contributed by atoms with Crippen LogP contribution in [0, 0.1) is 6.92 Å². The summed E-state index contributed by atoms with van der Waals surface area (Å²) in [6.45, 7) is 5.91. The van der Waals surface area contributed by atoms with Crippen LogP contribution in [0.4, 0.5) is 0 Å². The fraction of sp³-hybridized carbons (Fsp3) is 0.500. The van der Waals surface area contributed by atoms with Gasteiger partial charge in [0.15, 0.2) is 0 Å². The highest BCUT2D eigenvalue weighted by atomic mass is 32.1. The molecule has 0 radical (unpaired) electrons. The van der Waals surface area contributed by atoms with Crippen molar-refractivity contribution < 1.29 is 4.79 Å². The molecule has 0 unspecified atom stereocenters. The summed E-state index contributed by atoms with van der Waals surface area (Å²) in [6, 6.07) is 13.5. The largest absolute Gasteiger partial charge is 0.353 e. The Kier molecular flexibility index (Phi) is 10.3. The molecule has 31 heavy (non-hydrogen) atoms. The van der Waals surface area contributed by atoms with Gasteiger partial charge in [0.2, 0.25) is 5.91 Å². The van der Waals surface area contributed by atoms with E-state index in [0.29, 0.717) is 0 Å². The van der Waals surface area contributed by atoms with E-state index in [1.54, 1.807) is 17.4 Å². The molecule has 0 bridgehead atoms. The Bertz CT molecular complexity index is 806. The SMILES string of the molecule is Cc1ccc(-c2ccc(/C=C/C(=O)NCCCCNCCNC3CCCCC3)s2)cc1. The predicted molar refractivity (Wildman–Crippen MR) is 134 cm³/mol. The summed E-state index contributed by atoms with van der Waals surface area (Å²) in [5.74, 6) is -0.0186. The molecule has 0 saturated heterocycles. The summed E-state index contributed by atoms with van der Waals surface area (Å²) in [5.41, 5.74) is 2.48. The first-order valence-corrected chi connectivity index (χ1v) is 12.6. The number of hydrogen-bond acceptors (Lipinski definition) is 4. The zero-order valence-corrected chi connectivity index (χ0v) is 19.6. The fourth-order valence-electron chi connectivity index (χ4n) is 3.92. The van der Waals surface area contributed by atoms with Crippen LogP contribution in [0.1, 0.15) is 55.4 Å². The molecule has 1 aromatic heterocycles. The van der Waals surface area contributed by atoms with Crippen LogP contribution in [0.3, 0.4) is 0 Å². The highest BCUT2D eigenvalue weighted by Gasteiger charge is 2.11. The first-order valence-electron chi connectivity index (χ1n) is 11.8. The van der Waals surface area contributed by atoms with Gasteiger partial charge in [0, 0.05) is 41.5 Å². The maximum atomic E-state index is 12.0. The van der Waals surface area contributed by atoms with Gasteiger partial charge in [-0.05, 0) is 62.9 Å². The van der Waals surface area contributed by atoms with E-state index in [0.717, 1.165) is 49.9 Å². The minimum absolute atomic E-state index is 0.0186. The summed E-state index contributed by atoms with van der Waals surface area (Å²) in [6.07, 6.45) is 12.5. The number of amides is 1. The molecule has 1 heterocycles. The maximum Gasteiger partial charge on any atom is 0.244 e. The number of thiophene rings is 1. The molecule has 1 aromatic carbocycles. The predicted octanol–water partition coefficient (Wildman–Crippen LogP) is 5.15. The number of nitrogens with one attached hydrogen (secondary N) is 3. The average Bonchev–Trinajstić information content (AvgIpc) is 3.27. The van der Waals surface area contributed by atoms with E-state index >= 15 is 0 Å². The molecule has 0 atom stereocenters. The summed E-state index contributed by atoms with van der Waals surface area (Å²) >= 11 is 1.70. The first kappa shape index (κ1) is 23.7. The van der Waals surface area contributed by atoms with Crippen LogP contribution in [0.2, 0.25) is 0 Å². The van der Waals surface area contributed by atoms with E-state index in [2.05, 4.69) is 59.3 Å². The molecule has 3 rings (SSSR count). The van der Waals surface area contributed by atoms with E-state index in [-0.39, 0.29) is 5.91 Å². The van der Waals surface area contributed by atoms with Crippen molar-refractivity contribution in [1.29, 1.82) is 0 Å². The number of aryl methyl sites for hydroxylation is 1. The summed E-state index contributed by atoms with van der Waals surface area (Å²) in [4.78, 5) is 14.4. The average molecular weight is 440 g/mol. The third kappa shape index (κ3) is 8.98. The molecule has 4 nitrogen and oxygen atoms in total. The quantitative estimate of drug-likeness (QED) is 0.317. The Morgan fingerprint density at radius 1 is 0.968 bits per heavy atom. The molecule has 1 fully saturated rings. The van der Waals surface area contributed by atoms with Gasteiger partial charge in [-0.15, -0.1) is 11.3 Å². The third-order valence-electron chi connectivity index (χ3n) is 5.78. The molecule has 2 aromatic rings. The van der Waals surface area contributed by atoms with E-state index in [9.17, 15) is 4.79 Å². The summed E-state index contributed by atoms with van der Waals surface area (Å²) < 4.78 is 0. The Balaban J connectivity index is 1.22. The topological polar surface area (TPSA) is 53.2 Å². The van der Waals surface area contributed by atoms with Gasteiger partial charge in [0.1, 0.15) is 0 Å². The number of carbonyl (C=O) groups is 1. The standard InChI is InChI=1S/C26H37N3OS/c1-21-9-11-22(12-10-21)25-15-13-24(31-25)14-16-26(30)29-18-6-5-17-27-19-20-28-23-7-3-2-4-8-23/h9-16,23,27-28H,2-8,17-20H2,1H3,(H,29,30)/b16-14+. The molecule has 1 saturated carbocycles. The zero-order chi connectivity index (χ0) is 21.7. The molecule has 1 aliphatic carbocycles. The van der Waals surface area contributed by atoms with Gasteiger partial charge >= 0.3 is 0 Å². The van der Waals surface area contributed by atoms with Crippen LogP contribution >= 0.6 is 11.3 Å². The number of unbranched alkanes of at least 4 members (excludes halogenated alkanes) is 1. The van der Waals surface area contributed by atoms with Crippen LogP contribution in [0.15, 0.2) is 42.5 Å². The van der Waals surface area contributed by atoms with Gasteiger partial charge in [-0.3, -0.25) is 4.79 Å². The normalized spacial score (nSPS) is 14.9. The third-order valence-corrected chi connectivity index (χ3v) is 6.88. The van der Waals surface area contributed by atoms with Crippen LogP contribution in [0.25, 0.3) is 16.5 Å². The van der Waals surface area contributed by atoms with Gasteiger partial charge in [0.05, 0.1) is 0 Å². The molecule has 0 spiro atoms. The molecule has 0 aliphatic heterocycles. The van der Waals surface area contributed by atoms with Crippen molar-refractivity contribution in [1.82, 2.24) is 16.0 Å². The van der Waals surface area contributed by atoms with Gasteiger partial charge < -0.3 is 16.0 Å². The van der Waals surface area contributed by atoms with Crippen LogP contribution < -0.4 is 16.0 Å². The Morgan fingerprint density at radius 3 is 2.55 bits per heavy atom. The lowest BCUT2D eigenvalue weighted by Crippen LogP contribution is -2.36. The van der Waals surface area contributed by atoms with Crippen LogP contribution in [0.5, 0.6) is 0 Å². The summed E-state index contributed by atoms with van der Waals surface area (Å²) in [5, 5.41) is 10.1. The van der Waals surface area contributed by atoms with Crippen molar-refractivity contribution in [2.75, 3.05) is 26.2 Å². The van der Waals surface area contributed by atoms with E-state index in [1.165, 1.54) is 48.1 Å². The molecule has 5 heteroatoms. The number of benzene rings is 1. The minimum atomic E-state index is -0.0186. The Morgan fingerprint density at radius 2 is 1.74 bits per heavy atom. The van der Waals surface area contributed by atoms with Crippen LogP contribution in [-0.2, 0) is 4.79 Å². The number of hydrogen-bond donors (Lipinski definition) is 3. The minimum Gasteiger partial charge on any atom is -0.353 e. The monoisotopic (exact) mass is 439 g/mol. The fourth-order valence-corrected chi connectivity index (χ4v) is 4.83. The number of rotatable bonds is 12. The molecule has 1 amide bonds. The zero-order valence-electron chi connectivity index (χ0n) is 18.8. The van der Waals surface area contributed by atoms with E-state index < -0.39 is 0 Å². The van der Waals surface area contributed by atoms with Crippen molar-refractivity contribution in [3.05, 3.63) is 52.9 Å². The molecule has 3 N–H and O–H groups in total. The Hall–Kier alpha value is -1.95. The smallest absolute Gasteiger partial charge is 0.244 e. The van der Waals surface area contributed by atoms with Crippen molar-refractivity contribution in [2.24, 2.45) is 0 Å². The first-order chi connectivity index (χ1) is 15.2. The van der Waals surface area contributed by atoms with Gasteiger partial charge in [-0.1, -0.05) is 49.1 Å². The second-order valence-corrected chi connectivity index (χ2v) is 9.55. The lowest BCUT2D eigenvalue weighted by Gasteiger charge is -2.22. The molecule has 168 valence electrons. The lowest BCUT2D eigenvalue weighted by atomic mass is 9.95. The van der Waals surface area contributed by atoms with Gasteiger partial charge in [-0.25, -0.2) is 0 Å². The van der Waals surface area contributed by atoms with Crippen molar-refractivity contribution >= 4 is 23.3 Å². The summed E-state index contributed by atoms with van der Waals surface area (Å²) in [7, 11) is 0. The second kappa shape index (κ2) is 13.5. The Labute approximate surface area is 191 Å². The maximum absolute atomic E-state index is 12.0. The van der Waals surface area contributed by atoms with Crippen molar-refractivity contribution in [2.45, 2.75) is 57.9 Å². The van der Waals surface area contributed by atoms with E-state index in [1.807, 2.05) is 6.08 Å². The highest BCUT2D eigenvalue weighted by Crippen LogP contribution is 2.29. The molecule has 1 aliphatic rings. The molecular weight excluding hydrogens is 402 g/mol. The number of carbonyl (C=O) groups excluding carboxylic acids is 1. The van der Waals surface area contributed by atoms with Crippen molar-refractivity contribution in [3.63, 3.8) is 0 Å². The van der Waals surface area contributed by atoms with E-state index in [4.69, 9.17) is 0 Å². The second-order valence-electron chi connectivity index (χ2n) is 8.44. The highest BCUT2D eigenvalue weighted by molar-refractivity contribution is 7.16.